The molecule has 0 aromatic carbocycles. The molecule has 2 unspecified atom stereocenters. The quantitative estimate of drug-likeness (QED) is 0.0281. The van der Waals surface area contributed by atoms with Gasteiger partial charge in [-0.25, -0.2) is 4.79 Å². The Morgan fingerprint density at radius 2 is 0.768 bits per heavy atom. The molecule has 0 amide bonds. The fourth-order valence-corrected chi connectivity index (χ4v) is 8.04. The molecule has 0 saturated carbocycles. The predicted molar refractivity (Wildman–Crippen MR) is 293 cm³/mol. The van der Waals surface area contributed by atoms with Crippen molar-refractivity contribution in [1.82, 2.24) is 0 Å². The molecule has 69 heavy (non-hydrogen) atoms. The number of esters is 2. The second-order valence-corrected chi connectivity index (χ2v) is 19.8. The molecule has 1 N–H and O–H groups in total. The fourth-order valence-electron chi connectivity index (χ4n) is 8.04. The number of quaternary nitrogens is 1. The van der Waals surface area contributed by atoms with Crippen molar-refractivity contribution < 1.29 is 38.2 Å². The molecule has 0 aliphatic carbocycles. The average molecular weight is 966 g/mol. The summed E-state index contributed by atoms with van der Waals surface area (Å²) in [6, 6.07) is -0.620. The first-order valence-electron chi connectivity index (χ1n) is 28.1. The van der Waals surface area contributed by atoms with Gasteiger partial charge >= 0.3 is 17.9 Å². The second kappa shape index (κ2) is 50.9. The molecule has 0 aromatic heterocycles. The number of ether oxygens (including phenoxy) is 3. The van der Waals surface area contributed by atoms with Crippen LogP contribution in [-0.4, -0.2) is 80.6 Å². The molecule has 0 rings (SSSR count). The highest BCUT2D eigenvalue weighted by molar-refractivity contribution is 5.72. The molecule has 0 spiro atoms. The molecular formula is C61H106NO7+. The number of aliphatic carboxylic acids is 1. The van der Waals surface area contributed by atoms with Crippen molar-refractivity contribution in [3.63, 3.8) is 0 Å². The van der Waals surface area contributed by atoms with E-state index in [0.717, 1.165) is 89.9 Å². The van der Waals surface area contributed by atoms with Crippen LogP contribution in [-0.2, 0) is 28.6 Å². The standard InChI is InChI=1S/C61H105NO7/c1-6-8-10-12-14-16-18-20-22-24-26-28-30-32-34-36-38-40-42-44-46-48-50-52-60(64)69-57(55-67-54-53-58(61(65)66)62(3,4)5)56-68-59(63)51-49-47-45-43-41-39-37-35-33-31-29-27-25-23-21-19-17-15-13-11-9-7-2/h8-11,14-17,20-23,27,29,57-58H,6-7,12-13,18-19,24-26,28,30-56H2,1-5H3/p+1/b10-8+,11-9+,16-14+,17-15+,22-20+,23-21+,29-27+. The van der Waals surface area contributed by atoms with Crippen molar-refractivity contribution in [3.05, 3.63) is 85.1 Å². The molecule has 0 radical (unpaired) electrons. The molecule has 8 heteroatoms. The van der Waals surface area contributed by atoms with E-state index in [9.17, 15) is 19.5 Å². The van der Waals surface area contributed by atoms with Crippen molar-refractivity contribution in [2.24, 2.45) is 0 Å². The Balaban J connectivity index is 4.19. The Morgan fingerprint density at radius 3 is 1.13 bits per heavy atom. The average Bonchev–Trinajstić information content (AvgIpc) is 3.31. The first-order valence-corrected chi connectivity index (χ1v) is 28.1. The molecule has 0 aromatic rings. The Morgan fingerprint density at radius 1 is 0.435 bits per heavy atom. The Kier molecular flexibility index (Phi) is 48.3. The minimum absolute atomic E-state index is 0.0562. The summed E-state index contributed by atoms with van der Waals surface area (Å²) < 4.78 is 17.4. The third-order valence-corrected chi connectivity index (χ3v) is 12.3. The highest BCUT2D eigenvalue weighted by atomic mass is 16.6. The number of allylic oxidation sites excluding steroid dienone is 14. The molecular weight excluding hydrogens is 859 g/mol. The van der Waals surface area contributed by atoms with Gasteiger partial charge in [0.25, 0.3) is 0 Å². The lowest BCUT2D eigenvalue weighted by molar-refractivity contribution is -0.887. The number of carboxylic acid groups (broad SMARTS) is 1. The van der Waals surface area contributed by atoms with Gasteiger partial charge in [0.1, 0.15) is 6.61 Å². The van der Waals surface area contributed by atoms with Crippen LogP contribution in [0.4, 0.5) is 0 Å². The van der Waals surface area contributed by atoms with E-state index in [2.05, 4.69) is 98.9 Å². The summed E-state index contributed by atoms with van der Waals surface area (Å²) in [4.78, 5) is 37.3. The summed E-state index contributed by atoms with van der Waals surface area (Å²) in [6.07, 6.45) is 67.8. The van der Waals surface area contributed by atoms with Crippen LogP contribution < -0.4 is 0 Å². The molecule has 0 heterocycles. The lowest BCUT2D eigenvalue weighted by atomic mass is 10.0. The summed E-state index contributed by atoms with van der Waals surface area (Å²) in [5, 5.41) is 9.68. The Hall–Kier alpha value is -3.49. The van der Waals surface area contributed by atoms with Crippen LogP contribution in [0.3, 0.4) is 0 Å². The van der Waals surface area contributed by atoms with Crippen molar-refractivity contribution in [3.8, 4) is 0 Å². The lowest BCUT2D eigenvalue weighted by Gasteiger charge is -2.31. The number of carbonyl (C=O) groups excluding carboxylic acids is 2. The van der Waals surface area contributed by atoms with E-state index in [4.69, 9.17) is 14.2 Å². The normalized spacial score (nSPS) is 13.5. The van der Waals surface area contributed by atoms with Gasteiger partial charge in [-0.3, -0.25) is 9.59 Å². The van der Waals surface area contributed by atoms with E-state index < -0.39 is 18.1 Å². The summed E-state index contributed by atoms with van der Waals surface area (Å²) in [5.41, 5.74) is 0. The van der Waals surface area contributed by atoms with Crippen molar-refractivity contribution >= 4 is 17.9 Å². The molecule has 0 fully saturated rings. The third kappa shape index (κ3) is 49.3. The zero-order valence-electron chi connectivity index (χ0n) is 45.2. The first kappa shape index (κ1) is 65.5. The molecule has 396 valence electrons. The maximum Gasteiger partial charge on any atom is 0.362 e. The third-order valence-electron chi connectivity index (χ3n) is 12.3. The molecule has 8 nitrogen and oxygen atoms in total. The lowest BCUT2D eigenvalue weighted by Crippen LogP contribution is -2.50. The maximum atomic E-state index is 12.8. The van der Waals surface area contributed by atoms with Gasteiger partial charge in [-0.1, -0.05) is 214 Å². The monoisotopic (exact) mass is 965 g/mol. The molecule has 2 atom stereocenters. The zero-order valence-corrected chi connectivity index (χ0v) is 45.2. The van der Waals surface area contributed by atoms with E-state index in [1.54, 1.807) is 0 Å². The minimum atomic E-state index is -0.876. The molecule has 0 aliphatic rings. The van der Waals surface area contributed by atoms with Gasteiger partial charge in [0.15, 0.2) is 12.1 Å². The van der Waals surface area contributed by atoms with E-state index in [-0.39, 0.29) is 36.2 Å². The summed E-state index contributed by atoms with van der Waals surface area (Å²) in [7, 11) is 5.54. The summed E-state index contributed by atoms with van der Waals surface area (Å²) >= 11 is 0. The highest BCUT2D eigenvalue weighted by Crippen LogP contribution is 2.16. The van der Waals surface area contributed by atoms with Crippen LogP contribution in [0.1, 0.15) is 232 Å². The van der Waals surface area contributed by atoms with Gasteiger partial charge in [0, 0.05) is 19.3 Å². The van der Waals surface area contributed by atoms with Crippen LogP contribution >= 0.6 is 0 Å². The largest absolute Gasteiger partial charge is 0.477 e. The van der Waals surface area contributed by atoms with Crippen molar-refractivity contribution in [1.29, 1.82) is 0 Å². The number of hydrogen-bond donors (Lipinski definition) is 1. The van der Waals surface area contributed by atoms with E-state index in [1.807, 2.05) is 21.1 Å². The van der Waals surface area contributed by atoms with Crippen LogP contribution in [0.15, 0.2) is 85.1 Å². The topological polar surface area (TPSA) is 99.1 Å². The van der Waals surface area contributed by atoms with E-state index >= 15 is 0 Å². The second-order valence-electron chi connectivity index (χ2n) is 19.8. The number of hydrogen-bond acceptors (Lipinski definition) is 6. The van der Waals surface area contributed by atoms with Gasteiger partial charge in [0.05, 0.1) is 34.4 Å². The number of carbonyl (C=O) groups is 3. The molecule has 0 bridgehead atoms. The van der Waals surface area contributed by atoms with Crippen LogP contribution in [0, 0.1) is 0 Å². The van der Waals surface area contributed by atoms with E-state index in [1.165, 1.54) is 109 Å². The van der Waals surface area contributed by atoms with Gasteiger partial charge in [-0.15, -0.1) is 0 Å². The van der Waals surface area contributed by atoms with Crippen molar-refractivity contribution in [2.45, 2.75) is 244 Å². The Bertz CT molecular complexity index is 1400. The number of rotatable bonds is 50. The SMILES string of the molecule is CC/C=C/C/C=C/C/C=C/C/C=C/CCCCCCCCCCCC(=O)OCC(COCCC(C(=O)O)[N+](C)(C)C)OC(=O)CCCCCCCCCCCCCCC/C=C/C/C=C/C/C=C/CC. The maximum absolute atomic E-state index is 12.8. The number of carboxylic acids is 1. The summed E-state index contributed by atoms with van der Waals surface area (Å²) in [6.45, 7) is 4.53. The highest BCUT2D eigenvalue weighted by Gasteiger charge is 2.31. The fraction of sp³-hybridized carbons (Fsp3) is 0.721. The number of unbranched alkanes of at least 4 members (excludes halogenated alkanes) is 22. The predicted octanol–water partition coefficient (Wildman–Crippen LogP) is 16.8. The van der Waals surface area contributed by atoms with Crippen LogP contribution in [0.5, 0.6) is 0 Å². The first-order chi connectivity index (χ1) is 33.6. The molecule has 0 aliphatic heterocycles. The van der Waals surface area contributed by atoms with E-state index in [0.29, 0.717) is 19.3 Å². The number of likely N-dealkylation sites (N-methyl/N-ethyl adjacent to an activating group) is 1. The van der Waals surface area contributed by atoms with Gasteiger partial charge in [0.2, 0.25) is 0 Å². The van der Waals surface area contributed by atoms with Crippen LogP contribution in [0.2, 0.25) is 0 Å². The van der Waals surface area contributed by atoms with Crippen LogP contribution in [0.25, 0.3) is 0 Å². The van der Waals surface area contributed by atoms with Crippen molar-refractivity contribution in [2.75, 3.05) is 41.0 Å². The number of nitrogens with zero attached hydrogens (tertiary/aromatic N) is 1. The summed E-state index contributed by atoms with van der Waals surface area (Å²) in [5.74, 6) is -1.47. The smallest absolute Gasteiger partial charge is 0.362 e. The minimum Gasteiger partial charge on any atom is -0.477 e. The molecule has 0 saturated heterocycles. The van der Waals surface area contributed by atoms with Gasteiger partial charge in [-0.2, -0.15) is 0 Å². The van der Waals surface area contributed by atoms with Gasteiger partial charge in [-0.05, 0) is 83.5 Å². The zero-order chi connectivity index (χ0) is 50.6. The Labute approximate surface area is 424 Å². The van der Waals surface area contributed by atoms with Gasteiger partial charge < -0.3 is 23.8 Å².